The lowest BCUT2D eigenvalue weighted by Gasteiger charge is -2.31. The lowest BCUT2D eigenvalue weighted by molar-refractivity contribution is -0.366. The van der Waals surface area contributed by atoms with Gasteiger partial charge in [-0.05, 0) is 11.6 Å². The third-order valence-electron chi connectivity index (χ3n) is 2.61. The Bertz CT molecular complexity index is 664. The molecule has 0 aliphatic carbocycles. The van der Waals surface area contributed by atoms with Crippen molar-refractivity contribution in [3.05, 3.63) is 54.0 Å². The Kier molecular flexibility index (Phi) is 7.87. The molecule has 0 saturated heterocycles. The van der Waals surface area contributed by atoms with Crippen LogP contribution in [0.4, 0.5) is 26.3 Å². The van der Waals surface area contributed by atoms with Crippen molar-refractivity contribution in [2.45, 2.75) is 24.4 Å². The molecule has 0 fully saturated rings. The predicted molar refractivity (Wildman–Crippen MR) is 78.9 cm³/mol. The summed E-state index contributed by atoms with van der Waals surface area (Å²) in [6.07, 6.45) is -11.4. The molecule has 0 amide bonds. The summed E-state index contributed by atoms with van der Waals surface area (Å²) in [5.41, 5.74) is -3.96. The first kappa shape index (κ1) is 23.1. The van der Waals surface area contributed by atoms with E-state index in [1.165, 1.54) is 6.08 Å². The average molecular weight is 392 g/mol. The van der Waals surface area contributed by atoms with Crippen molar-refractivity contribution in [2.24, 2.45) is 0 Å². The van der Waals surface area contributed by atoms with Crippen LogP contribution in [0.25, 0.3) is 6.08 Å². The molecule has 0 atom stereocenters. The van der Waals surface area contributed by atoms with Crippen LogP contribution in [-0.4, -0.2) is 36.0 Å². The first-order chi connectivity index (χ1) is 11.1. The molecular weight excluding hydrogens is 378 g/mol. The molecule has 11 heteroatoms. The van der Waals surface area contributed by atoms with E-state index in [4.69, 9.17) is 9.66 Å². The standard InChI is InChI=1S/C8H8O3S.C6H6F6O/c9-12(10,11)7-6-8-4-2-1-3-5-8;1-2-3-4(13,5(7,8)9)6(10,11)12/h1-7H,(H,9,10,11);2,13H,1,3H2. The van der Waals surface area contributed by atoms with E-state index in [1.54, 1.807) is 24.3 Å². The van der Waals surface area contributed by atoms with Crippen molar-refractivity contribution in [2.75, 3.05) is 0 Å². The number of halogens is 6. The molecule has 25 heavy (non-hydrogen) atoms. The number of alkyl halides is 6. The van der Waals surface area contributed by atoms with Gasteiger partial charge in [0.1, 0.15) is 0 Å². The molecule has 0 aliphatic heterocycles. The minimum atomic E-state index is -5.75. The molecule has 0 radical (unpaired) electrons. The van der Waals surface area contributed by atoms with Gasteiger partial charge in [0, 0.05) is 6.42 Å². The van der Waals surface area contributed by atoms with Gasteiger partial charge in [-0.3, -0.25) is 4.55 Å². The van der Waals surface area contributed by atoms with Crippen molar-refractivity contribution < 1.29 is 44.4 Å². The number of hydrogen-bond acceptors (Lipinski definition) is 3. The molecule has 0 heterocycles. The van der Waals surface area contributed by atoms with Gasteiger partial charge in [0.25, 0.3) is 15.7 Å². The highest BCUT2D eigenvalue weighted by Crippen LogP contribution is 2.45. The van der Waals surface area contributed by atoms with Gasteiger partial charge in [-0.15, -0.1) is 6.58 Å². The number of aliphatic hydroxyl groups is 1. The molecule has 142 valence electrons. The normalized spacial score (nSPS) is 13.3. The first-order valence-electron chi connectivity index (χ1n) is 6.31. The second-order valence-corrected chi connectivity index (χ2v) is 5.88. The molecule has 4 nitrogen and oxygen atoms in total. The van der Waals surface area contributed by atoms with E-state index in [0.717, 1.165) is 11.0 Å². The number of benzene rings is 1. The zero-order valence-corrected chi connectivity index (χ0v) is 13.2. The highest BCUT2D eigenvalue weighted by Gasteiger charge is 2.69. The van der Waals surface area contributed by atoms with Crippen LogP contribution in [0.3, 0.4) is 0 Å². The first-order valence-corrected chi connectivity index (χ1v) is 7.82. The molecule has 0 spiro atoms. The lowest BCUT2D eigenvalue weighted by atomic mass is 9.98. The van der Waals surface area contributed by atoms with Gasteiger partial charge in [0.05, 0.1) is 5.41 Å². The lowest BCUT2D eigenvalue weighted by Crippen LogP contribution is -2.56. The summed E-state index contributed by atoms with van der Waals surface area (Å²) in [5, 5.41) is 9.12. The molecule has 1 aromatic rings. The minimum Gasteiger partial charge on any atom is -0.373 e. The van der Waals surface area contributed by atoms with Gasteiger partial charge >= 0.3 is 12.4 Å². The van der Waals surface area contributed by atoms with Gasteiger partial charge in [-0.1, -0.05) is 36.4 Å². The molecule has 0 bridgehead atoms. The van der Waals surface area contributed by atoms with E-state index in [2.05, 4.69) is 6.58 Å². The zero-order valence-electron chi connectivity index (χ0n) is 12.4. The Labute approximate surface area is 139 Å². The molecule has 0 aromatic heterocycles. The zero-order chi connectivity index (χ0) is 19.9. The molecular formula is C14H14F6O4S. The highest BCUT2D eigenvalue weighted by molar-refractivity contribution is 7.88. The summed E-state index contributed by atoms with van der Waals surface area (Å²) in [6.45, 7) is 2.71. The van der Waals surface area contributed by atoms with Crippen LogP contribution in [0, 0.1) is 0 Å². The van der Waals surface area contributed by atoms with Crippen molar-refractivity contribution >= 4 is 16.2 Å². The second-order valence-electron chi connectivity index (χ2n) is 4.58. The van der Waals surface area contributed by atoms with E-state index >= 15 is 0 Å². The average Bonchev–Trinajstić information content (AvgIpc) is 2.44. The van der Waals surface area contributed by atoms with E-state index < -0.39 is 34.5 Å². The fourth-order valence-corrected chi connectivity index (χ4v) is 1.66. The minimum absolute atomic E-state index is 0.362. The Balaban J connectivity index is 0.000000462. The van der Waals surface area contributed by atoms with E-state index in [9.17, 15) is 34.8 Å². The maximum atomic E-state index is 11.8. The fourth-order valence-electron chi connectivity index (χ4n) is 1.33. The SMILES string of the molecule is C=CCC(O)(C(F)(F)F)C(F)(F)F.O=S(=O)(O)C=Cc1ccccc1. The quantitative estimate of drug-likeness (QED) is 0.462. The third-order valence-corrected chi connectivity index (χ3v) is 3.09. The molecule has 0 saturated carbocycles. The summed E-state index contributed by atoms with van der Waals surface area (Å²) in [5.74, 6) is 0. The smallest absolute Gasteiger partial charge is 0.373 e. The topological polar surface area (TPSA) is 74.6 Å². The third kappa shape index (κ3) is 7.71. The Morgan fingerprint density at radius 1 is 1.00 bits per heavy atom. The van der Waals surface area contributed by atoms with Gasteiger partial charge < -0.3 is 5.11 Å². The van der Waals surface area contributed by atoms with Crippen LogP contribution in [-0.2, 0) is 10.1 Å². The molecule has 1 rings (SSSR count). The van der Waals surface area contributed by atoms with Crippen LogP contribution < -0.4 is 0 Å². The van der Waals surface area contributed by atoms with Gasteiger partial charge in [-0.25, -0.2) is 0 Å². The number of rotatable bonds is 4. The van der Waals surface area contributed by atoms with Crippen molar-refractivity contribution in [1.82, 2.24) is 0 Å². The Morgan fingerprint density at radius 3 is 1.72 bits per heavy atom. The molecule has 0 aliphatic rings. The van der Waals surface area contributed by atoms with Crippen molar-refractivity contribution in [3.8, 4) is 0 Å². The van der Waals surface area contributed by atoms with Crippen LogP contribution in [0.15, 0.2) is 48.4 Å². The van der Waals surface area contributed by atoms with E-state index in [0.29, 0.717) is 6.08 Å². The van der Waals surface area contributed by atoms with Crippen molar-refractivity contribution in [1.29, 1.82) is 0 Å². The molecule has 2 N–H and O–H groups in total. The van der Waals surface area contributed by atoms with Crippen LogP contribution in [0.2, 0.25) is 0 Å². The summed E-state index contributed by atoms with van der Waals surface area (Å²) in [4.78, 5) is 0. The van der Waals surface area contributed by atoms with Crippen LogP contribution >= 0.6 is 0 Å². The summed E-state index contributed by atoms with van der Waals surface area (Å²) in [6, 6.07) is 8.86. The predicted octanol–water partition coefficient (Wildman–Crippen LogP) is 3.96. The molecule has 0 unspecified atom stereocenters. The maximum absolute atomic E-state index is 11.8. The van der Waals surface area contributed by atoms with Crippen LogP contribution in [0.5, 0.6) is 0 Å². The number of hydrogen-bond donors (Lipinski definition) is 2. The maximum Gasteiger partial charge on any atom is 0.426 e. The van der Waals surface area contributed by atoms with Crippen molar-refractivity contribution in [3.63, 3.8) is 0 Å². The van der Waals surface area contributed by atoms with Gasteiger partial charge in [-0.2, -0.15) is 34.8 Å². The highest BCUT2D eigenvalue weighted by atomic mass is 32.2. The van der Waals surface area contributed by atoms with Gasteiger partial charge in [0.2, 0.25) is 0 Å². The Morgan fingerprint density at radius 2 is 1.44 bits per heavy atom. The summed E-state index contributed by atoms with van der Waals surface area (Å²) < 4.78 is 99.5. The van der Waals surface area contributed by atoms with E-state index in [1.807, 2.05) is 6.07 Å². The van der Waals surface area contributed by atoms with E-state index in [-0.39, 0.29) is 0 Å². The summed E-state index contributed by atoms with van der Waals surface area (Å²) in [7, 11) is -4.00. The Hall–Kier alpha value is -1.85. The van der Waals surface area contributed by atoms with Gasteiger partial charge in [0.15, 0.2) is 0 Å². The largest absolute Gasteiger partial charge is 0.426 e. The summed E-state index contributed by atoms with van der Waals surface area (Å²) >= 11 is 0. The monoisotopic (exact) mass is 392 g/mol. The molecule has 1 aromatic carbocycles. The fraction of sp³-hybridized carbons (Fsp3) is 0.286. The second kappa shape index (κ2) is 8.50. The van der Waals surface area contributed by atoms with Crippen LogP contribution in [0.1, 0.15) is 12.0 Å².